The van der Waals surface area contributed by atoms with Crippen LogP contribution in [0.1, 0.15) is 19.8 Å². The second-order valence-electron chi connectivity index (χ2n) is 5.13. The largest absolute Gasteiger partial charge is 0.338 e. The van der Waals surface area contributed by atoms with Crippen molar-refractivity contribution in [3.05, 3.63) is 23.5 Å². The number of hydrogen-bond donors (Lipinski definition) is 2. The molecule has 1 aliphatic heterocycles. The lowest BCUT2D eigenvalue weighted by Crippen LogP contribution is -2.34. The van der Waals surface area contributed by atoms with Gasteiger partial charge in [-0.25, -0.2) is 9.78 Å². The number of likely N-dealkylation sites (tertiary alicyclic amines) is 1. The standard InChI is InChI=1S/C14H21ClN4O/c1-2-7-19-8-5-11(10-19)9-17-14(20)18-12-4-3-6-16-13(12)15/h3-4,6,11H,2,5,7-10H2,1H3,(H2,17,18,20). The highest BCUT2D eigenvalue weighted by molar-refractivity contribution is 6.32. The third-order valence-electron chi connectivity index (χ3n) is 3.47. The number of aromatic nitrogens is 1. The minimum absolute atomic E-state index is 0.228. The topological polar surface area (TPSA) is 57.3 Å². The van der Waals surface area contributed by atoms with Crippen LogP contribution in [0.2, 0.25) is 5.15 Å². The van der Waals surface area contributed by atoms with Crippen LogP contribution in [0.3, 0.4) is 0 Å². The number of halogens is 1. The number of hydrogen-bond acceptors (Lipinski definition) is 3. The van der Waals surface area contributed by atoms with Gasteiger partial charge in [0.2, 0.25) is 0 Å². The van der Waals surface area contributed by atoms with Crippen LogP contribution in [0.4, 0.5) is 10.5 Å². The summed E-state index contributed by atoms with van der Waals surface area (Å²) in [5, 5.41) is 5.92. The third kappa shape index (κ3) is 4.35. The average Bonchev–Trinajstić information content (AvgIpc) is 2.87. The summed E-state index contributed by atoms with van der Waals surface area (Å²) >= 11 is 5.89. The fourth-order valence-corrected chi connectivity index (χ4v) is 2.65. The van der Waals surface area contributed by atoms with Gasteiger partial charge in [-0.15, -0.1) is 0 Å². The number of urea groups is 1. The first kappa shape index (κ1) is 15.1. The van der Waals surface area contributed by atoms with Gasteiger partial charge < -0.3 is 15.5 Å². The zero-order valence-corrected chi connectivity index (χ0v) is 12.5. The van der Waals surface area contributed by atoms with E-state index in [1.807, 2.05) is 0 Å². The number of anilines is 1. The van der Waals surface area contributed by atoms with Crippen LogP contribution in [0.25, 0.3) is 0 Å². The van der Waals surface area contributed by atoms with Gasteiger partial charge in [-0.3, -0.25) is 0 Å². The van der Waals surface area contributed by atoms with Gasteiger partial charge in [0, 0.05) is 19.3 Å². The fraction of sp³-hybridized carbons (Fsp3) is 0.571. The van der Waals surface area contributed by atoms with E-state index in [1.165, 1.54) is 6.42 Å². The highest BCUT2D eigenvalue weighted by Gasteiger charge is 2.21. The molecular formula is C14H21ClN4O. The molecule has 6 heteroatoms. The number of nitrogens with one attached hydrogen (secondary N) is 2. The Kier molecular flexibility index (Phi) is 5.61. The molecule has 2 heterocycles. The molecule has 1 aromatic heterocycles. The van der Waals surface area contributed by atoms with Gasteiger partial charge in [-0.1, -0.05) is 18.5 Å². The molecule has 2 amide bonds. The number of carbonyl (C=O) groups excluding carboxylic acids is 1. The number of nitrogens with zero attached hydrogens (tertiary/aromatic N) is 2. The van der Waals surface area contributed by atoms with Crippen molar-refractivity contribution in [3.8, 4) is 0 Å². The van der Waals surface area contributed by atoms with E-state index >= 15 is 0 Å². The molecule has 2 rings (SSSR count). The molecule has 2 N–H and O–H groups in total. The highest BCUT2D eigenvalue weighted by atomic mass is 35.5. The number of carbonyl (C=O) groups is 1. The molecule has 0 aromatic carbocycles. The number of pyridine rings is 1. The average molecular weight is 297 g/mol. The van der Waals surface area contributed by atoms with Crippen molar-refractivity contribution in [1.29, 1.82) is 0 Å². The normalized spacial score (nSPS) is 19.0. The Bertz CT molecular complexity index is 455. The van der Waals surface area contributed by atoms with Gasteiger partial charge in [-0.05, 0) is 44.0 Å². The van der Waals surface area contributed by atoms with Gasteiger partial charge >= 0.3 is 6.03 Å². The van der Waals surface area contributed by atoms with Crippen molar-refractivity contribution >= 4 is 23.3 Å². The van der Waals surface area contributed by atoms with Crippen LogP contribution in [-0.4, -0.2) is 42.1 Å². The van der Waals surface area contributed by atoms with Crippen molar-refractivity contribution < 1.29 is 4.79 Å². The Hall–Kier alpha value is -1.33. The summed E-state index contributed by atoms with van der Waals surface area (Å²) in [5.74, 6) is 0.539. The Morgan fingerprint density at radius 1 is 1.60 bits per heavy atom. The summed E-state index contributed by atoms with van der Waals surface area (Å²) in [6.07, 6.45) is 3.92. The van der Waals surface area contributed by atoms with E-state index in [1.54, 1.807) is 18.3 Å². The first-order chi connectivity index (χ1) is 9.69. The maximum absolute atomic E-state index is 11.8. The first-order valence-corrected chi connectivity index (χ1v) is 7.44. The highest BCUT2D eigenvalue weighted by Crippen LogP contribution is 2.18. The molecule has 5 nitrogen and oxygen atoms in total. The Balaban J connectivity index is 1.72. The van der Waals surface area contributed by atoms with Crippen molar-refractivity contribution in [2.45, 2.75) is 19.8 Å². The molecule has 0 aliphatic carbocycles. The van der Waals surface area contributed by atoms with Crippen molar-refractivity contribution in [2.24, 2.45) is 5.92 Å². The number of rotatable bonds is 5. The van der Waals surface area contributed by atoms with Gasteiger partial charge in [0.1, 0.15) is 0 Å². The zero-order valence-electron chi connectivity index (χ0n) is 11.7. The fourth-order valence-electron chi connectivity index (χ4n) is 2.48. The van der Waals surface area contributed by atoms with E-state index in [9.17, 15) is 4.79 Å². The summed E-state index contributed by atoms with van der Waals surface area (Å²) in [6, 6.07) is 3.24. The molecule has 110 valence electrons. The van der Waals surface area contributed by atoms with Gasteiger partial charge in [0.25, 0.3) is 0 Å². The maximum atomic E-state index is 11.8. The molecule has 1 fully saturated rings. The quantitative estimate of drug-likeness (QED) is 0.821. The Labute approximate surface area is 124 Å². The SMILES string of the molecule is CCCN1CCC(CNC(=O)Nc2cccnc2Cl)C1. The minimum Gasteiger partial charge on any atom is -0.338 e. The van der Waals surface area contributed by atoms with E-state index in [4.69, 9.17) is 11.6 Å². The molecular weight excluding hydrogens is 276 g/mol. The molecule has 20 heavy (non-hydrogen) atoms. The summed E-state index contributed by atoms with van der Waals surface area (Å²) in [6.45, 7) is 6.24. The zero-order chi connectivity index (χ0) is 14.4. The Morgan fingerprint density at radius 3 is 3.20 bits per heavy atom. The van der Waals surface area contributed by atoms with Crippen molar-refractivity contribution in [3.63, 3.8) is 0 Å². The predicted molar refractivity (Wildman–Crippen MR) is 81.1 cm³/mol. The molecule has 1 aliphatic rings. The molecule has 0 radical (unpaired) electrons. The molecule has 0 spiro atoms. The lowest BCUT2D eigenvalue weighted by atomic mass is 10.1. The molecule has 0 bridgehead atoms. The lowest BCUT2D eigenvalue weighted by Gasteiger charge is -2.15. The van der Waals surface area contributed by atoms with E-state index < -0.39 is 0 Å². The smallest absolute Gasteiger partial charge is 0.319 e. The second-order valence-corrected chi connectivity index (χ2v) is 5.49. The monoisotopic (exact) mass is 296 g/mol. The number of amides is 2. The maximum Gasteiger partial charge on any atom is 0.319 e. The summed E-state index contributed by atoms with van der Waals surface area (Å²) in [5.41, 5.74) is 0.533. The van der Waals surface area contributed by atoms with Crippen LogP contribution in [0.5, 0.6) is 0 Å². The summed E-state index contributed by atoms with van der Waals surface area (Å²) < 4.78 is 0. The van der Waals surface area contributed by atoms with E-state index in [0.717, 1.165) is 26.1 Å². The molecule has 1 saturated heterocycles. The van der Waals surface area contributed by atoms with Gasteiger partial charge in [-0.2, -0.15) is 0 Å². The predicted octanol–water partition coefficient (Wildman–Crippen LogP) is 2.59. The van der Waals surface area contributed by atoms with E-state index in [2.05, 4.69) is 27.4 Å². The Morgan fingerprint density at radius 2 is 2.45 bits per heavy atom. The second kappa shape index (κ2) is 7.45. The molecule has 1 aromatic rings. The first-order valence-electron chi connectivity index (χ1n) is 7.06. The van der Waals surface area contributed by atoms with Crippen molar-refractivity contribution in [2.75, 3.05) is 31.5 Å². The van der Waals surface area contributed by atoms with Crippen LogP contribution >= 0.6 is 11.6 Å². The van der Waals surface area contributed by atoms with E-state index in [0.29, 0.717) is 23.3 Å². The van der Waals surface area contributed by atoms with Gasteiger partial charge in [0.05, 0.1) is 5.69 Å². The van der Waals surface area contributed by atoms with Crippen LogP contribution in [-0.2, 0) is 0 Å². The molecule has 0 saturated carbocycles. The molecule has 1 unspecified atom stereocenters. The van der Waals surface area contributed by atoms with Gasteiger partial charge in [0.15, 0.2) is 5.15 Å². The van der Waals surface area contributed by atoms with E-state index in [-0.39, 0.29) is 6.03 Å². The minimum atomic E-state index is -0.228. The summed E-state index contributed by atoms with van der Waals surface area (Å²) in [4.78, 5) is 18.2. The van der Waals surface area contributed by atoms with Crippen LogP contribution in [0.15, 0.2) is 18.3 Å². The summed E-state index contributed by atoms with van der Waals surface area (Å²) in [7, 11) is 0. The third-order valence-corrected chi connectivity index (χ3v) is 3.77. The van der Waals surface area contributed by atoms with Crippen molar-refractivity contribution in [1.82, 2.24) is 15.2 Å². The van der Waals surface area contributed by atoms with Crippen LogP contribution < -0.4 is 10.6 Å². The lowest BCUT2D eigenvalue weighted by molar-refractivity contribution is 0.249. The molecule has 1 atom stereocenters. The van der Waals surface area contributed by atoms with Crippen LogP contribution in [0, 0.1) is 5.92 Å².